The maximum Gasteiger partial charge on any atom is 0.130 e. The molecule has 0 bridgehead atoms. The zero-order chi connectivity index (χ0) is 19.3. The number of hydrogen-bond acceptors (Lipinski definition) is 1. The standard InChI is InChI=1S/C26H28O/c1-16-7-9-19-14-20(24-12-8-18(3)27-24)15-23(19)25(16)22-11-10-21(13-17(22)2)26(4,5)6/h7-13,15H,14H2,1-6H3. The van der Waals surface area contributed by atoms with Crippen molar-refractivity contribution in [3.05, 3.63) is 81.8 Å². The van der Waals surface area contributed by atoms with Gasteiger partial charge in [0.05, 0.1) is 0 Å². The van der Waals surface area contributed by atoms with Crippen LogP contribution in [0.4, 0.5) is 0 Å². The minimum atomic E-state index is 0.168. The molecule has 2 aromatic carbocycles. The van der Waals surface area contributed by atoms with E-state index in [1.807, 2.05) is 13.0 Å². The highest BCUT2D eigenvalue weighted by molar-refractivity contribution is 5.94. The number of furan rings is 1. The lowest BCUT2D eigenvalue weighted by Crippen LogP contribution is -2.11. The fourth-order valence-corrected chi connectivity index (χ4v) is 4.05. The Morgan fingerprint density at radius 2 is 1.63 bits per heavy atom. The van der Waals surface area contributed by atoms with E-state index in [4.69, 9.17) is 4.42 Å². The molecule has 0 fully saturated rings. The van der Waals surface area contributed by atoms with Crippen LogP contribution in [-0.2, 0) is 11.8 Å². The van der Waals surface area contributed by atoms with Crippen molar-refractivity contribution >= 4 is 11.6 Å². The molecule has 0 saturated carbocycles. The zero-order valence-electron chi connectivity index (χ0n) is 17.2. The van der Waals surface area contributed by atoms with Gasteiger partial charge < -0.3 is 4.42 Å². The lowest BCUT2D eigenvalue weighted by Gasteiger charge is -2.22. The van der Waals surface area contributed by atoms with Gasteiger partial charge in [0.25, 0.3) is 0 Å². The lowest BCUT2D eigenvalue weighted by atomic mass is 9.83. The lowest BCUT2D eigenvalue weighted by molar-refractivity contribution is 0.521. The molecule has 0 N–H and O–H groups in total. The van der Waals surface area contributed by atoms with Gasteiger partial charge in [0.2, 0.25) is 0 Å². The first-order valence-electron chi connectivity index (χ1n) is 9.75. The van der Waals surface area contributed by atoms with Crippen molar-refractivity contribution in [2.45, 2.75) is 53.4 Å². The molecule has 1 nitrogen and oxygen atoms in total. The Labute approximate surface area is 162 Å². The summed E-state index contributed by atoms with van der Waals surface area (Å²) in [5.41, 5.74) is 10.9. The molecular formula is C26H28O. The van der Waals surface area contributed by atoms with Crippen LogP contribution in [0.3, 0.4) is 0 Å². The van der Waals surface area contributed by atoms with Gasteiger partial charge in [-0.15, -0.1) is 0 Å². The van der Waals surface area contributed by atoms with Crippen molar-refractivity contribution in [3.63, 3.8) is 0 Å². The van der Waals surface area contributed by atoms with Gasteiger partial charge in [-0.3, -0.25) is 0 Å². The minimum Gasteiger partial charge on any atom is -0.462 e. The van der Waals surface area contributed by atoms with Gasteiger partial charge in [0.1, 0.15) is 11.5 Å². The summed E-state index contributed by atoms with van der Waals surface area (Å²) < 4.78 is 5.88. The highest BCUT2D eigenvalue weighted by atomic mass is 16.3. The molecule has 1 aliphatic carbocycles. The summed E-state index contributed by atoms with van der Waals surface area (Å²) in [6.45, 7) is 13.3. The highest BCUT2D eigenvalue weighted by Gasteiger charge is 2.22. The number of benzene rings is 2. The normalized spacial score (nSPS) is 13.6. The van der Waals surface area contributed by atoms with E-state index in [9.17, 15) is 0 Å². The summed E-state index contributed by atoms with van der Waals surface area (Å²) in [7, 11) is 0. The number of aryl methyl sites for hydroxylation is 3. The summed E-state index contributed by atoms with van der Waals surface area (Å²) in [5.74, 6) is 1.96. The number of fused-ring (bicyclic) bond motifs is 1. The Morgan fingerprint density at radius 3 is 2.26 bits per heavy atom. The molecule has 27 heavy (non-hydrogen) atoms. The van der Waals surface area contributed by atoms with E-state index in [0.717, 1.165) is 17.9 Å². The van der Waals surface area contributed by atoms with E-state index in [1.165, 1.54) is 44.5 Å². The van der Waals surface area contributed by atoms with Crippen molar-refractivity contribution in [2.75, 3.05) is 0 Å². The molecule has 1 aromatic heterocycles. The Kier molecular flexibility index (Phi) is 4.14. The van der Waals surface area contributed by atoms with Crippen molar-refractivity contribution in [1.29, 1.82) is 0 Å². The van der Waals surface area contributed by atoms with Crippen LogP contribution in [0.15, 0.2) is 46.9 Å². The molecule has 138 valence electrons. The van der Waals surface area contributed by atoms with Gasteiger partial charge in [0, 0.05) is 6.42 Å². The molecule has 0 saturated heterocycles. The second-order valence-corrected chi connectivity index (χ2v) is 8.87. The van der Waals surface area contributed by atoms with Gasteiger partial charge in [-0.2, -0.15) is 0 Å². The maximum atomic E-state index is 5.88. The largest absolute Gasteiger partial charge is 0.462 e. The molecule has 4 rings (SSSR count). The van der Waals surface area contributed by atoms with Gasteiger partial charge in [-0.25, -0.2) is 0 Å². The second-order valence-electron chi connectivity index (χ2n) is 8.87. The highest BCUT2D eigenvalue weighted by Crippen LogP contribution is 2.41. The summed E-state index contributed by atoms with van der Waals surface area (Å²) in [5, 5.41) is 0. The quantitative estimate of drug-likeness (QED) is 0.471. The summed E-state index contributed by atoms with van der Waals surface area (Å²) in [6.07, 6.45) is 3.27. The molecule has 1 aliphatic rings. The first-order chi connectivity index (χ1) is 12.7. The third-order valence-electron chi connectivity index (χ3n) is 5.66. The first-order valence-corrected chi connectivity index (χ1v) is 9.75. The maximum absolute atomic E-state index is 5.88. The van der Waals surface area contributed by atoms with E-state index >= 15 is 0 Å². The second kappa shape index (κ2) is 6.27. The predicted octanol–water partition coefficient (Wildman–Crippen LogP) is 7.27. The Bertz CT molecular complexity index is 1050. The Hall–Kier alpha value is -2.54. The third-order valence-corrected chi connectivity index (χ3v) is 5.66. The van der Waals surface area contributed by atoms with E-state index < -0.39 is 0 Å². The van der Waals surface area contributed by atoms with Crippen LogP contribution in [0.5, 0.6) is 0 Å². The van der Waals surface area contributed by atoms with E-state index in [2.05, 4.69) is 77.1 Å². The average Bonchev–Trinajstić information content (AvgIpc) is 3.20. The van der Waals surface area contributed by atoms with Gasteiger partial charge in [-0.05, 0) is 88.9 Å². The van der Waals surface area contributed by atoms with Crippen LogP contribution >= 0.6 is 0 Å². The Balaban J connectivity index is 1.85. The monoisotopic (exact) mass is 356 g/mol. The molecule has 0 atom stereocenters. The Morgan fingerprint density at radius 1 is 0.852 bits per heavy atom. The van der Waals surface area contributed by atoms with Gasteiger partial charge >= 0.3 is 0 Å². The fraction of sp³-hybridized carbons (Fsp3) is 0.308. The fourth-order valence-electron chi connectivity index (χ4n) is 4.05. The topological polar surface area (TPSA) is 13.1 Å². The van der Waals surface area contributed by atoms with Crippen LogP contribution in [0.25, 0.3) is 22.8 Å². The van der Waals surface area contributed by atoms with E-state index in [-0.39, 0.29) is 5.41 Å². The van der Waals surface area contributed by atoms with Crippen LogP contribution < -0.4 is 0 Å². The van der Waals surface area contributed by atoms with Crippen LogP contribution in [0.1, 0.15) is 60.1 Å². The number of rotatable bonds is 2. The molecule has 1 heterocycles. The zero-order valence-corrected chi connectivity index (χ0v) is 17.2. The average molecular weight is 357 g/mol. The van der Waals surface area contributed by atoms with Crippen molar-refractivity contribution in [1.82, 2.24) is 0 Å². The van der Waals surface area contributed by atoms with Gasteiger partial charge in [0.15, 0.2) is 0 Å². The first kappa shape index (κ1) is 17.9. The third kappa shape index (κ3) is 3.16. The van der Waals surface area contributed by atoms with E-state index in [0.29, 0.717) is 0 Å². The molecule has 0 aliphatic heterocycles. The molecule has 0 spiro atoms. The number of hydrogen-bond donors (Lipinski definition) is 0. The smallest absolute Gasteiger partial charge is 0.130 e. The molecule has 0 amide bonds. The molecule has 1 heteroatoms. The SMILES string of the molecule is Cc1ccc(C2=Cc3c(ccc(C)c3-c3ccc(C(C)(C)C)cc3C)C2)o1. The van der Waals surface area contributed by atoms with Crippen molar-refractivity contribution in [2.24, 2.45) is 0 Å². The minimum absolute atomic E-state index is 0.168. The summed E-state index contributed by atoms with van der Waals surface area (Å²) in [6, 6.07) is 15.6. The number of allylic oxidation sites excluding steroid dienone is 1. The van der Waals surface area contributed by atoms with Crippen LogP contribution in [0.2, 0.25) is 0 Å². The molecule has 0 unspecified atom stereocenters. The van der Waals surface area contributed by atoms with Crippen molar-refractivity contribution in [3.8, 4) is 11.1 Å². The molecule has 0 radical (unpaired) electrons. The van der Waals surface area contributed by atoms with E-state index in [1.54, 1.807) is 0 Å². The summed E-state index contributed by atoms with van der Waals surface area (Å²) in [4.78, 5) is 0. The molecule has 3 aromatic rings. The van der Waals surface area contributed by atoms with Crippen LogP contribution in [0, 0.1) is 20.8 Å². The van der Waals surface area contributed by atoms with Crippen LogP contribution in [-0.4, -0.2) is 0 Å². The summed E-state index contributed by atoms with van der Waals surface area (Å²) >= 11 is 0. The molecular weight excluding hydrogens is 328 g/mol. The van der Waals surface area contributed by atoms with Gasteiger partial charge in [-0.1, -0.05) is 51.1 Å². The predicted molar refractivity (Wildman–Crippen MR) is 115 cm³/mol. The van der Waals surface area contributed by atoms with Crippen molar-refractivity contribution < 1.29 is 4.42 Å².